The molecule has 0 aliphatic carbocycles. The summed E-state index contributed by atoms with van der Waals surface area (Å²) >= 11 is 0. The molecule has 0 fully saturated rings. The monoisotopic (exact) mass is 804 g/mol. The van der Waals surface area contributed by atoms with Crippen LogP contribution in [-0.2, 0) is 9.59 Å². The zero-order valence-electron chi connectivity index (χ0n) is 39.7. The minimum absolute atomic E-state index is 0.186. The molecule has 0 aromatic carbocycles. The van der Waals surface area contributed by atoms with Crippen LogP contribution in [0, 0.1) is 0 Å². The van der Waals surface area contributed by atoms with Gasteiger partial charge in [-0.1, -0.05) is 259 Å². The molecule has 340 valence electrons. The van der Waals surface area contributed by atoms with Gasteiger partial charge in [-0.2, -0.15) is 0 Å². The maximum Gasteiger partial charge on any atom is 0.236 e. The highest BCUT2D eigenvalue weighted by Crippen LogP contribution is 2.15. The first-order chi connectivity index (χ1) is 28.1. The van der Waals surface area contributed by atoms with Gasteiger partial charge in [-0.15, -0.1) is 0 Å². The average Bonchev–Trinajstić information content (AvgIpc) is 3.21. The molecule has 5 nitrogen and oxygen atoms in total. The number of hydrogen-bond donors (Lipinski definition) is 1. The second kappa shape index (κ2) is 47.6. The lowest BCUT2D eigenvalue weighted by Crippen LogP contribution is -2.44. The van der Waals surface area contributed by atoms with Crippen LogP contribution in [0.25, 0.3) is 0 Å². The van der Waals surface area contributed by atoms with Crippen molar-refractivity contribution >= 4 is 11.8 Å². The van der Waals surface area contributed by atoms with E-state index >= 15 is 0 Å². The Balaban J connectivity index is 4.82. The molecular formula is C52H105N3O2. The van der Waals surface area contributed by atoms with Gasteiger partial charge in [0.1, 0.15) is 0 Å². The fraction of sp³-hybridized carbons (Fsp3) is 0.962. The zero-order valence-corrected chi connectivity index (χ0v) is 39.7. The fourth-order valence-electron chi connectivity index (χ4n) is 8.38. The Hall–Kier alpha value is -1.10. The van der Waals surface area contributed by atoms with Crippen molar-refractivity contribution in [3.05, 3.63) is 0 Å². The predicted molar refractivity (Wildman–Crippen MR) is 253 cm³/mol. The first kappa shape index (κ1) is 55.9. The first-order valence-corrected chi connectivity index (χ1v) is 26.4. The van der Waals surface area contributed by atoms with Crippen LogP contribution in [0.2, 0.25) is 0 Å². The van der Waals surface area contributed by atoms with E-state index in [2.05, 4.69) is 42.8 Å². The number of rotatable bonds is 48. The molecule has 0 bridgehead atoms. The van der Waals surface area contributed by atoms with Gasteiger partial charge in [0.05, 0.1) is 13.1 Å². The summed E-state index contributed by atoms with van der Waals surface area (Å²) in [5, 5.41) is 3.32. The Morgan fingerprint density at radius 2 is 0.421 bits per heavy atom. The number of unbranched alkanes of at least 4 members (excludes halogenated alkanes) is 36. The number of nitrogens with zero attached hydrogens (tertiary/aromatic N) is 2. The molecule has 0 atom stereocenters. The molecule has 0 spiro atoms. The van der Waals surface area contributed by atoms with Gasteiger partial charge in [0, 0.05) is 26.2 Å². The van der Waals surface area contributed by atoms with E-state index in [0.717, 1.165) is 51.9 Å². The van der Waals surface area contributed by atoms with Gasteiger partial charge in [0.25, 0.3) is 0 Å². The number of nitrogens with one attached hydrogen (secondary N) is 1. The van der Waals surface area contributed by atoms with Crippen molar-refractivity contribution in [1.29, 1.82) is 0 Å². The van der Waals surface area contributed by atoms with Crippen LogP contribution in [0.3, 0.4) is 0 Å². The van der Waals surface area contributed by atoms with Gasteiger partial charge >= 0.3 is 0 Å². The molecule has 0 aliphatic rings. The molecule has 0 radical (unpaired) electrons. The lowest BCUT2D eigenvalue weighted by molar-refractivity contribution is -0.131. The lowest BCUT2D eigenvalue weighted by Gasteiger charge is -2.25. The molecule has 0 heterocycles. The molecule has 0 saturated carbocycles. The van der Waals surface area contributed by atoms with Crippen LogP contribution < -0.4 is 5.32 Å². The Kier molecular flexibility index (Phi) is 46.7. The highest BCUT2D eigenvalue weighted by atomic mass is 16.2. The van der Waals surface area contributed by atoms with Gasteiger partial charge in [0.15, 0.2) is 0 Å². The predicted octanol–water partition coefficient (Wildman–Crippen LogP) is 15.9. The van der Waals surface area contributed by atoms with Gasteiger partial charge < -0.3 is 9.80 Å². The summed E-state index contributed by atoms with van der Waals surface area (Å²) in [6.07, 6.45) is 52.6. The van der Waals surface area contributed by atoms with E-state index < -0.39 is 0 Å². The molecule has 0 unspecified atom stereocenters. The minimum atomic E-state index is 0.186. The number of amides is 2. The molecule has 0 rings (SSSR count). The largest absolute Gasteiger partial charge is 0.342 e. The summed E-state index contributed by atoms with van der Waals surface area (Å²) in [5.74, 6) is 0.371. The maximum atomic E-state index is 13.6. The normalized spacial score (nSPS) is 11.4. The molecule has 2 amide bonds. The minimum Gasteiger partial charge on any atom is -0.342 e. The number of carbonyl (C=O) groups is 2. The lowest BCUT2D eigenvalue weighted by atomic mass is 10.1. The molecule has 5 heteroatoms. The second-order valence-electron chi connectivity index (χ2n) is 18.1. The van der Waals surface area contributed by atoms with Crippen molar-refractivity contribution < 1.29 is 9.59 Å². The third kappa shape index (κ3) is 41.4. The topological polar surface area (TPSA) is 52.7 Å². The average molecular weight is 804 g/mol. The maximum absolute atomic E-state index is 13.6. The summed E-state index contributed by atoms with van der Waals surface area (Å²) in [6, 6.07) is 0. The van der Waals surface area contributed by atoms with Crippen molar-refractivity contribution in [3.8, 4) is 0 Å². The van der Waals surface area contributed by atoms with Gasteiger partial charge in [-0.05, 0) is 25.7 Å². The van der Waals surface area contributed by atoms with Crippen LogP contribution in [0.15, 0.2) is 0 Å². The van der Waals surface area contributed by atoms with Crippen molar-refractivity contribution in [2.75, 3.05) is 39.3 Å². The quantitative estimate of drug-likeness (QED) is 0.0623. The second-order valence-corrected chi connectivity index (χ2v) is 18.1. The molecule has 1 N–H and O–H groups in total. The van der Waals surface area contributed by atoms with E-state index in [1.54, 1.807) is 0 Å². The van der Waals surface area contributed by atoms with Crippen LogP contribution >= 0.6 is 0 Å². The summed E-state index contributed by atoms with van der Waals surface area (Å²) < 4.78 is 0. The molecule has 0 saturated heterocycles. The summed E-state index contributed by atoms with van der Waals surface area (Å²) in [6.45, 7) is 13.2. The smallest absolute Gasteiger partial charge is 0.236 e. The van der Waals surface area contributed by atoms with E-state index in [0.29, 0.717) is 0 Å². The Bertz CT molecular complexity index is 692. The molecular weight excluding hydrogens is 699 g/mol. The Morgan fingerprint density at radius 3 is 0.596 bits per heavy atom. The molecule has 57 heavy (non-hydrogen) atoms. The summed E-state index contributed by atoms with van der Waals surface area (Å²) in [7, 11) is 0. The SMILES string of the molecule is CCCCCCCCCCCCN(CCCCCCCCCCCC)C(=O)CNCC(=O)N(CCCCCCCCCCCC)CCCCCCCCCCCC. The van der Waals surface area contributed by atoms with Crippen molar-refractivity contribution in [2.24, 2.45) is 0 Å². The van der Waals surface area contributed by atoms with E-state index in [9.17, 15) is 9.59 Å². The summed E-state index contributed by atoms with van der Waals surface area (Å²) in [5.41, 5.74) is 0. The van der Waals surface area contributed by atoms with Crippen molar-refractivity contribution in [1.82, 2.24) is 15.1 Å². The van der Waals surface area contributed by atoms with E-state index in [1.165, 1.54) is 231 Å². The van der Waals surface area contributed by atoms with Crippen molar-refractivity contribution in [3.63, 3.8) is 0 Å². The van der Waals surface area contributed by atoms with Crippen LogP contribution in [0.5, 0.6) is 0 Å². The van der Waals surface area contributed by atoms with Crippen LogP contribution in [-0.4, -0.2) is 60.9 Å². The first-order valence-electron chi connectivity index (χ1n) is 26.4. The third-order valence-electron chi connectivity index (χ3n) is 12.4. The molecule has 0 aliphatic heterocycles. The zero-order chi connectivity index (χ0) is 41.5. The number of hydrogen-bond acceptors (Lipinski definition) is 3. The van der Waals surface area contributed by atoms with Gasteiger partial charge in [-0.25, -0.2) is 0 Å². The van der Waals surface area contributed by atoms with E-state index in [1.807, 2.05) is 0 Å². The Labute approximate surface area is 359 Å². The van der Waals surface area contributed by atoms with Crippen LogP contribution in [0.1, 0.15) is 285 Å². The number of carbonyl (C=O) groups excluding carboxylic acids is 2. The third-order valence-corrected chi connectivity index (χ3v) is 12.4. The van der Waals surface area contributed by atoms with E-state index in [4.69, 9.17) is 0 Å². The van der Waals surface area contributed by atoms with Crippen molar-refractivity contribution in [2.45, 2.75) is 285 Å². The fourth-order valence-corrected chi connectivity index (χ4v) is 8.38. The standard InChI is InChI=1S/C52H105N3O2/c1-5-9-13-17-21-25-29-33-37-41-45-54(46-42-38-34-30-26-22-18-14-10-6-2)51(56)49-53-50-52(57)55(47-43-39-35-31-27-23-19-15-11-7-3)48-44-40-36-32-28-24-20-16-12-8-4/h53H,5-50H2,1-4H3. The molecule has 0 aromatic rings. The van der Waals surface area contributed by atoms with Gasteiger partial charge in [0.2, 0.25) is 11.8 Å². The highest BCUT2D eigenvalue weighted by molar-refractivity contribution is 5.81. The van der Waals surface area contributed by atoms with E-state index in [-0.39, 0.29) is 24.9 Å². The molecule has 0 aromatic heterocycles. The Morgan fingerprint density at radius 1 is 0.263 bits per heavy atom. The highest BCUT2D eigenvalue weighted by Gasteiger charge is 2.16. The van der Waals surface area contributed by atoms with Crippen LogP contribution in [0.4, 0.5) is 0 Å². The summed E-state index contributed by atoms with van der Waals surface area (Å²) in [4.78, 5) is 31.4. The van der Waals surface area contributed by atoms with Gasteiger partial charge in [-0.3, -0.25) is 14.9 Å².